The molecular weight excluding hydrogens is 439 g/mol. The number of ether oxygens (including phenoxy) is 1. The van der Waals surface area contributed by atoms with E-state index in [0.29, 0.717) is 23.7 Å². The second kappa shape index (κ2) is 10.3. The summed E-state index contributed by atoms with van der Waals surface area (Å²) in [5, 5.41) is 7.14. The van der Waals surface area contributed by atoms with Gasteiger partial charge >= 0.3 is 12.1 Å². The topological polar surface area (TPSA) is 90.3 Å². The van der Waals surface area contributed by atoms with Crippen molar-refractivity contribution in [3.05, 3.63) is 70.1 Å². The molecule has 0 saturated carbocycles. The second-order valence-corrected chi connectivity index (χ2v) is 7.33. The van der Waals surface area contributed by atoms with Gasteiger partial charge in [-0.05, 0) is 36.8 Å². The molecule has 1 heterocycles. The Bertz CT molecular complexity index is 1200. The van der Waals surface area contributed by atoms with Gasteiger partial charge in [-0.15, -0.1) is 0 Å². The van der Waals surface area contributed by atoms with Crippen LogP contribution in [0.2, 0.25) is 0 Å². The number of halogens is 3. The molecule has 3 aromatic rings. The first-order valence-electron chi connectivity index (χ1n) is 10.3. The number of fused-ring (bicyclic) bond motifs is 1. The Morgan fingerprint density at radius 3 is 2.33 bits per heavy atom. The van der Waals surface area contributed by atoms with Crippen molar-refractivity contribution in [2.45, 2.75) is 38.9 Å². The maximum atomic E-state index is 12.7. The van der Waals surface area contributed by atoms with Gasteiger partial charge in [0.2, 0.25) is 0 Å². The van der Waals surface area contributed by atoms with Crippen LogP contribution in [0.4, 0.5) is 18.9 Å². The number of hydrogen-bond acceptors (Lipinski definition) is 5. The number of benzene rings is 2. The van der Waals surface area contributed by atoms with Crippen molar-refractivity contribution in [1.29, 1.82) is 0 Å². The predicted octanol–water partition coefficient (Wildman–Crippen LogP) is 4.40. The van der Waals surface area contributed by atoms with E-state index >= 15 is 0 Å². The molecule has 2 aromatic carbocycles. The molecule has 0 radical (unpaired) electrons. The van der Waals surface area contributed by atoms with Crippen molar-refractivity contribution < 1.29 is 27.5 Å². The van der Waals surface area contributed by atoms with E-state index in [1.165, 1.54) is 4.68 Å². The minimum atomic E-state index is -4.49. The third-order valence-corrected chi connectivity index (χ3v) is 4.86. The van der Waals surface area contributed by atoms with Gasteiger partial charge in [-0.1, -0.05) is 38.0 Å². The third-order valence-electron chi connectivity index (χ3n) is 4.86. The van der Waals surface area contributed by atoms with Crippen LogP contribution in [0.1, 0.15) is 42.2 Å². The number of aromatic nitrogens is 2. The first-order chi connectivity index (χ1) is 15.7. The summed E-state index contributed by atoms with van der Waals surface area (Å²) in [5.74, 6) is -1.62. The SMILES string of the molecule is CCCCCn1nc(C(=O)OCC(=O)Nc2ccc(C(F)(F)F)cc2)c2ccccc2c1=O. The van der Waals surface area contributed by atoms with Crippen molar-refractivity contribution in [2.75, 3.05) is 11.9 Å². The van der Waals surface area contributed by atoms with E-state index in [9.17, 15) is 27.6 Å². The van der Waals surface area contributed by atoms with E-state index in [4.69, 9.17) is 4.74 Å². The van der Waals surface area contributed by atoms with Gasteiger partial charge in [0.05, 0.1) is 10.9 Å². The van der Waals surface area contributed by atoms with Crippen molar-refractivity contribution >= 4 is 28.3 Å². The molecule has 0 aliphatic heterocycles. The van der Waals surface area contributed by atoms with Gasteiger partial charge in [-0.25, -0.2) is 9.48 Å². The van der Waals surface area contributed by atoms with Gasteiger partial charge in [0.1, 0.15) is 0 Å². The molecule has 0 spiro atoms. The van der Waals surface area contributed by atoms with Crippen LogP contribution in [0.5, 0.6) is 0 Å². The smallest absolute Gasteiger partial charge is 0.416 e. The summed E-state index contributed by atoms with van der Waals surface area (Å²) in [6, 6.07) is 10.3. The fourth-order valence-electron chi connectivity index (χ4n) is 3.19. The molecule has 0 fully saturated rings. The summed E-state index contributed by atoms with van der Waals surface area (Å²) < 4.78 is 44.2. The highest BCUT2D eigenvalue weighted by Crippen LogP contribution is 2.29. The Morgan fingerprint density at radius 2 is 1.70 bits per heavy atom. The molecule has 0 aliphatic carbocycles. The van der Waals surface area contributed by atoms with Crippen LogP contribution in [0, 0.1) is 0 Å². The molecule has 174 valence electrons. The molecule has 0 unspecified atom stereocenters. The number of nitrogens with one attached hydrogen (secondary N) is 1. The number of hydrogen-bond donors (Lipinski definition) is 1. The van der Waals surface area contributed by atoms with Crippen molar-refractivity contribution in [3.8, 4) is 0 Å². The highest BCUT2D eigenvalue weighted by Gasteiger charge is 2.30. The Hall–Kier alpha value is -3.69. The van der Waals surface area contributed by atoms with Gasteiger partial charge in [-0.2, -0.15) is 18.3 Å². The number of rotatable bonds is 8. The number of nitrogens with zero attached hydrogens (tertiary/aromatic N) is 2. The monoisotopic (exact) mass is 461 g/mol. The maximum absolute atomic E-state index is 12.7. The Kier molecular flexibility index (Phi) is 7.47. The van der Waals surface area contributed by atoms with Gasteiger partial charge in [0.25, 0.3) is 11.5 Å². The van der Waals surface area contributed by atoms with E-state index in [1.54, 1.807) is 24.3 Å². The minimum absolute atomic E-state index is 0.0935. The molecule has 3 rings (SSSR count). The molecule has 0 aliphatic rings. The standard InChI is InChI=1S/C23H22F3N3O4/c1-2-3-6-13-29-21(31)18-8-5-4-7-17(18)20(28-29)22(32)33-14-19(30)27-16-11-9-15(10-12-16)23(24,25)26/h4-5,7-12H,2-3,6,13-14H2,1H3,(H,27,30). The number of alkyl halides is 3. The number of aryl methyl sites for hydroxylation is 1. The highest BCUT2D eigenvalue weighted by atomic mass is 19.4. The molecule has 33 heavy (non-hydrogen) atoms. The molecule has 1 N–H and O–H groups in total. The van der Waals surface area contributed by atoms with Crippen LogP contribution < -0.4 is 10.9 Å². The second-order valence-electron chi connectivity index (χ2n) is 7.33. The maximum Gasteiger partial charge on any atom is 0.416 e. The summed E-state index contributed by atoms with van der Waals surface area (Å²) in [7, 11) is 0. The normalized spacial score (nSPS) is 11.4. The first-order valence-corrected chi connectivity index (χ1v) is 10.3. The largest absolute Gasteiger partial charge is 0.451 e. The number of amides is 1. The first kappa shape index (κ1) is 24.0. The number of unbranched alkanes of at least 4 members (excludes halogenated alkanes) is 2. The summed E-state index contributed by atoms with van der Waals surface area (Å²) in [4.78, 5) is 37.4. The summed E-state index contributed by atoms with van der Waals surface area (Å²) >= 11 is 0. The van der Waals surface area contributed by atoms with Crippen LogP contribution in [-0.2, 0) is 22.3 Å². The minimum Gasteiger partial charge on any atom is -0.451 e. The molecule has 10 heteroatoms. The molecule has 7 nitrogen and oxygen atoms in total. The molecule has 1 aromatic heterocycles. The van der Waals surface area contributed by atoms with Gasteiger partial charge < -0.3 is 10.1 Å². The molecule has 0 bridgehead atoms. The van der Waals surface area contributed by atoms with E-state index in [0.717, 1.165) is 37.1 Å². The van der Waals surface area contributed by atoms with Gasteiger partial charge in [0, 0.05) is 17.6 Å². The molecular formula is C23H22F3N3O4. The van der Waals surface area contributed by atoms with Gasteiger partial charge in [-0.3, -0.25) is 9.59 Å². The lowest BCUT2D eigenvalue weighted by atomic mass is 10.1. The van der Waals surface area contributed by atoms with Crippen molar-refractivity contribution in [2.24, 2.45) is 0 Å². The number of carbonyl (C=O) groups is 2. The average molecular weight is 461 g/mol. The lowest BCUT2D eigenvalue weighted by Gasteiger charge is -2.11. The summed E-state index contributed by atoms with van der Waals surface area (Å²) in [6.45, 7) is 1.69. The zero-order valence-corrected chi connectivity index (χ0v) is 17.8. The van der Waals surface area contributed by atoms with Crippen molar-refractivity contribution in [3.63, 3.8) is 0 Å². The zero-order chi connectivity index (χ0) is 24.0. The fourth-order valence-corrected chi connectivity index (χ4v) is 3.19. The average Bonchev–Trinajstić information content (AvgIpc) is 2.79. The summed E-state index contributed by atoms with van der Waals surface area (Å²) in [5.41, 5.74) is -1.14. The predicted molar refractivity (Wildman–Crippen MR) is 116 cm³/mol. The number of carbonyl (C=O) groups excluding carboxylic acids is 2. The zero-order valence-electron chi connectivity index (χ0n) is 17.8. The summed E-state index contributed by atoms with van der Waals surface area (Å²) in [6.07, 6.45) is -1.93. The van der Waals surface area contributed by atoms with Crippen molar-refractivity contribution in [1.82, 2.24) is 9.78 Å². The van der Waals surface area contributed by atoms with Crippen LogP contribution >= 0.6 is 0 Å². The number of esters is 1. The third kappa shape index (κ3) is 5.97. The van der Waals surface area contributed by atoms with Crippen LogP contribution in [0.25, 0.3) is 10.8 Å². The van der Waals surface area contributed by atoms with E-state index in [1.807, 2.05) is 6.92 Å². The Balaban J connectivity index is 1.71. The quantitative estimate of drug-likeness (QED) is 0.397. The molecule has 1 amide bonds. The lowest BCUT2D eigenvalue weighted by Crippen LogP contribution is -2.28. The lowest BCUT2D eigenvalue weighted by molar-refractivity contribution is -0.137. The van der Waals surface area contributed by atoms with Crippen LogP contribution in [0.3, 0.4) is 0 Å². The van der Waals surface area contributed by atoms with E-state index < -0.39 is 30.2 Å². The number of anilines is 1. The Labute approximate surface area is 187 Å². The van der Waals surface area contributed by atoms with Gasteiger partial charge in [0.15, 0.2) is 12.3 Å². The van der Waals surface area contributed by atoms with Crippen LogP contribution in [0.15, 0.2) is 53.3 Å². The van der Waals surface area contributed by atoms with E-state index in [2.05, 4.69) is 10.4 Å². The van der Waals surface area contributed by atoms with E-state index in [-0.39, 0.29) is 16.9 Å². The fraction of sp³-hybridized carbons (Fsp3) is 0.304. The molecule has 0 atom stereocenters. The highest BCUT2D eigenvalue weighted by molar-refractivity contribution is 6.03. The Morgan fingerprint density at radius 1 is 1.03 bits per heavy atom. The molecule has 0 saturated heterocycles. The van der Waals surface area contributed by atoms with Crippen LogP contribution in [-0.4, -0.2) is 28.3 Å².